The fourth-order valence-electron chi connectivity index (χ4n) is 3.48. The molecule has 154 valence electrons. The number of carbonyl (C=O) groups excluding carboxylic acids is 1. The van der Waals surface area contributed by atoms with Crippen molar-refractivity contribution in [1.29, 1.82) is 0 Å². The molecule has 0 radical (unpaired) electrons. The number of halogens is 1. The summed E-state index contributed by atoms with van der Waals surface area (Å²) in [6.07, 6.45) is 0. The number of piperazine rings is 1. The minimum atomic E-state index is -0.470. The van der Waals surface area contributed by atoms with E-state index in [0.29, 0.717) is 42.6 Å². The number of anilines is 1. The Hall–Kier alpha value is -3.46. The molecule has 0 bridgehead atoms. The van der Waals surface area contributed by atoms with E-state index in [2.05, 4.69) is 15.2 Å². The maximum Gasteiger partial charge on any atom is 0.276 e. The van der Waals surface area contributed by atoms with Crippen molar-refractivity contribution in [2.75, 3.05) is 31.1 Å². The van der Waals surface area contributed by atoms with E-state index in [1.165, 1.54) is 16.8 Å². The van der Waals surface area contributed by atoms with Crippen molar-refractivity contribution in [3.05, 3.63) is 75.1 Å². The summed E-state index contributed by atoms with van der Waals surface area (Å²) in [7, 11) is 0. The number of nitro groups is 1. The number of hydrogen-bond donors (Lipinski definition) is 0. The van der Waals surface area contributed by atoms with Crippen LogP contribution in [0.5, 0.6) is 0 Å². The van der Waals surface area contributed by atoms with Gasteiger partial charge in [-0.05, 0) is 37.3 Å². The Balaban J connectivity index is 1.48. The van der Waals surface area contributed by atoms with Crippen LogP contribution in [-0.4, -0.2) is 56.9 Å². The highest BCUT2D eigenvalue weighted by Gasteiger charge is 2.27. The molecule has 1 aromatic heterocycles. The topological polar surface area (TPSA) is 97.4 Å². The van der Waals surface area contributed by atoms with Gasteiger partial charge in [-0.1, -0.05) is 22.9 Å². The number of amides is 1. The van der Waals surface area contributed by atoms with Crippen molar-refractivity contribution < 1.29 is 9.72 Å². The van der Waals surface area contributed by atoms with Crippen LogP contribution in [0.3, 0.4) is 0 Å². The first kappa shape index (κ1) is 19.8. The number of non-ortho nitro benzene ring substituents is 1. The SMILES string of the molecule is Cc1c(C(=O)N2CCN(c3ccc(Cl)cc3)CC2)nnn1-c1cccc([N+](=O)[O-])c1. The molecular weight excluding hydrogens is 408 g/mol. The Bertz CT molecular complexity index is 1090. The molecule has 1 amide bonds. The van der Waals surface area contributed by atoms with Gasteiger partial charge in [-0.3, -0.25) is 14.9 Å². The molecule has 30 heavy (non-hydrogen) atoms. The maximum absolute atomic E-state index is 13.0. The van der Waals surface area contributed by atoms with Gasteiger partial charge in [-0.15, -0.1) is 5.10 Å². The van der Waals surface area contributed by atoms with Gasteiger partial charge in [0.05, 0.1) is 16.3 Å². The number of carbonyl (C=O) groups is 1. The van der Waals surface area contributed by atoms with Gasteiger partial charge in [0.1, 0.15) is 0 Å². The van der Waals surface area contributed by atoms with Gasteiger partial charge in [0.15, 0.2) is 5.69 Å². The normalized spacial score (nSPS) is 14.1. The Labute approximate surface area is 177 Å². The molecule has 1 saturated heterocycles. The molecule has 0 unspecified atom stereocenters. The molecule has 0 saturated carbocycles. The molecule has 9 nitrogen and oxygen atoms in total. The van der Waals surface area contributed by atoms with Gasteiger partial charge in [0.2, 0.25) is 0 Å². The van der Waals surface area contributed by atoms with Crippen molar-refractivity contribution in [3.63, 3.8) is 0 Å². The molecule has 2 heterocycles. The number of rotatable bonds is 4. The zero-order chi connectivity index (χ0) is 21.3. The van der Waals surface area contributed by atoms with Gasteiger partial charge in [0.25, 0.3) is 11.6 Å². The number of nitro benzene ring substituents is 1. The molecule has 2 aromatic carbocycles. The van der Waals surface area contributed by atoms with E-state index >= 15 is 0 Å². The number of aromatic nitrogens is 3. The Morgan fingerprint density at radius 3 is 2.43 bits per heavy atom. The molecule has 0 aliphatic carbocycles. The standard InChI is InChI=1S/C20H19ClN6O3/c1-14-19(22-23-26(14)17-3-2-4-18(13-17)27(29)30)20(28)25-11-9-24(10-12-25)16-7-5-15(21)6-8-16/h2-8,13H,9-12H2,1H3. The molecule has 4 rings (SSSR count). The van der Waals surface area contributed by atoms with Crippen LogP contribution in [0.1, 0.15) is 16.2 Å². The first-order chi connectivity index (χ1) is 14.4. The highest BCUT2D eigenvalue weighted by atomic mass is 35.5. The Kier molecular flexibility index (Phi) is 5.37. The van der Waals surface area contributed by atoms with Crippen molar-refractivity contribution in [2.24, 2.45) is 0 Å². The van der Waals surface area contributed by atoms with Gasteiger partial charge in [0, 0.05) is 49.0 Å². The van der Waals surface area contributed by atoms with Crippen molar-refractivity contribution in [2.45, 2.75) is 6.92 Å². The fraction of sp³-hybridized carbons (Fsp3) is 0.250. The van der Waals surface area contributed by atoms with Crippen molar-refractivity contribution in [3.8, 4) is 5.69 Å². The minimum absolute atomic E-state index is 0.0476. The van der Waals surface area contributed by atoms with Gasteiger partial charge in [-0.2, -0.15) is 0 Å². The molecule has 10 heteroatoms. The van der Waals surface area contributed by atoms with E-state index in [-0.39, 0.29) is 17.3 Å². The van der Waals surface area contributed by atoms with Crippen LogP contribution in [0.4, 0.5) is 11.4 Å². The van der Waals surface area contributed by atoms with Crippen LogP contribution in [0.25, 0.3) is 5.69 Å². The lowest BCUT2D eigenvalue weighted by molar-refractivity contribution is -0.384. The summed E-state index contributed by atoms with van der Waals surface area (Å²) in [4.78, 5) is 27.5. The summed E-state index contributed by atoms with van der Waals surface area (Å²) in [6.45, 7) is 4.25. The zero-order valence-electron chi connectivity index (χ0n) is 16.2. The smallest absolute Gasteiger partial charge is 0.276 e. The van der Waals surface area contributed by atoms with Gasteiger partial charge in [-0.25, -0.2) is 4.68 Å². The summed E-state index contributed by atoms with van der Waals surface area (Å²) in [5.74, 6) is -0.195. The fourth-order valence-corrected chi connectivity index (χ4v) is 3.61. The average Bonchev–Trinajstić information content (AvgIpc) is 3.15. The largest absolute Gasteiger partial charge is 0.368 e. The molecule has 0 spiro atoms. The third kappa shape index (κ3) is 3.84. The monoisotopic (exact) mass is 426 g/mol. The third-order valence-corrected chi connectivity index (χ3v) is 5.39. The zero-order valence-corrected chi connectivity index (χ0v) is 17.0. The highest BCUT2D eigenvalue weighted by molar-refractivity contribution is 6.30. The first-order valence-corrected chi connectivity index (χ1v) is 9.79. The Morgan fingerprint density at radius 2 is 1.77 bits per heavy atom. The molecule has 0 N–H and O–H groups in total. The van der Waals surface area contributed by atoms with E-state index < -0.39 is 4.92 Å². The van der Waals surface area contributed by atoms with E-state index in [9.17, 15) is 14.9 Å². The lowest BCUT2D eigenvalue weighted by atomic mass is 10.2. The first-order valence-electron chi connectivity index (χ1n) is 9.41. The van der Waals surface area contributed by atoms with Crippen molar-refractivity contribution >= 4 is 28.9 Å². The number of nitrogens with zero attached hydrogens (tertiary/aromatic N) is 6. The van der Waals surface area contributed by atoms with Crippen molar-refractivity contribution in [1.82, 2.24) is 19.9 Å². The second-order valence-corrected chi connectivity index (χ2v) is 7.40. The summed E-state index contributed by atoms with van der Waals surface area (Å²) in [5, 5.41) is 19.8. The van der Waals surface area contributed by atoms with E-state index in [4.69, 9.17) is 11.6 Å². The van der Waals surface area contributed by atoms with Crippen LogP contribution in [0.15, 0.2) is 48.5 Å². The molecule has 1 fully saturated rings. The predicted molar refractivity (Wildman–Crippen MR) is 112 cm³/mol. The third-order valence-electron chi connectivity index (χ3n) is 5.14. The molecule has 0 atom stereocenters. The van der Waals surface area contributed by atoms with E-state index in [0.717, 1.165) is 5.69 Å². The lowest BCUT2D eigenvalue weighted by Crippen LogP contribution is -2.49. The van der Waals surface area contributed by atoms with Gasteiger partial charge >= 0.3 is 0 Å². The van der Waals surface area contributed by atoms with E-state index in [1.54, 1.807) is 24.0 Å². The highest BCUT2D eigenvalue weighted by Crippen LogP contribution is 2.22. The minimum Gasteiger partial charge on any atom is -0.368 e. The summed E-state index contributed by atoms with van der Waals surface area (Å²) >= 11 is 5.95. The maximum atomic E-state index is 13.0. The summed E-state index contributed by atoms with van der Waals surface area (Å²) in [6, 6.07) is 13.7. The second-order valence-electron chi connectivity index (χ2n) is 6.97. The van der Waals surface area contributed by atoms with Crippen LogP contribution >= 0.6 is 11.6 Å². The van der Waals surface area contributed by atoms with Crippen LogP contribution in [0.2, 0.25) is 5.02 Å². The van der Waals surface area contributed by atoms with E-state index in [1.807, 2.05) is 24.3 Å². The van der Waals surface area contributed by atoms with Crippen LogP contribution < -0.4 is 4.90 Å². The van der Waals surface area contributed by atoms with Crippen LogP contribution in [-0.2, 0) is 0 Å². The predicted octanol–water partition coefficient (Wildman–Crippen LogP) is 3.10. The lowest BCUT2D eigenvalue weighted by Gasteiger charge is -2.35. The average molecular weight is 427 g/mol. The Morgan fingerprint density at radius 1 is 1.07 bits per heavy atom. The number of benzene rings is 2. The number of hydrogen-bond acceptors (Lipinski definition) is 6. The molecule has 1 aliphatic heterocycles. The van der Waals surface area contributed by atoms with Crippen LogP contribution in [0, 0.1) is 17.0 Å². The molecular formula is C20H19ClN6O3. The summed E-state index contributed by atoms with van der Waals surface area (Å²) in [5.41, 5.74) is 2.30. The molecule has 1 aliphatic rings. The molecule has 3 aromatic rings. The quantitative estimate of drug-likeness (QED) is 0.469. The second kappa shape index (κ2) is 8.11. The van der Waals surface area contributed by atoms with Gasteiger partial charge < -0.3 is 9.80 Å². The summed E-state index contributed by atoms with van der Waals surface area (Å²) < 4.78 is 1.45.